The molecule has 0 atom stereocenters. The maximum atomic E-state index is 7.64. The molecule has 0 aliphatic heterocycles. The van der Waals surface area contributed by atoms with Gasteiger partial charge in [0.25, 0.3) is 0 Å². The van der Waals surface area contributed by atoms with Crippen LogP contribution in [0.3, 0.4) is 0 Å². The molecule has 3 heteroatoms. The van der Waals surface area contributed by atoms with Crippen molar-refractivity contribution in [3.63, 3.8) is 0 Å². The maximum Gasteiger partial charge on any atom is 0.142 e. The highest BCUT2D eigenvalue weighted by molar-refractivity contribution is 4.79. The Labute approximate surface area is 43.2 Å². The van der Waals surface area contributed by atoms with E-state index in [4.69, 9.17) is 16.7 Å². The quantitative estimate of drug-likeness (QED) is 0.319. The Bertz CT molecular complexity index is 61.8. The van der Waals surface area contributed by atoms with Crippen molar-refractivity contribution in [3.05, 3.63) is 13.2 Å². The molecule has 0 saturated heterocycles. The monoisotopic (exact) mass is 99.1 g/mol. The van der Waals surface area contributed by atoms with Gasteiger partial charge in [-0.1, -0.05) is 0 Å². The van der Waals surface area contributed by atoms with Crippen molar-refractivity contribution < 1.29 is 0 Å². The van der Waals surface area contributed by atoms with Crippen LogP contribution < -0.4 is 11.5 Å². The third-order valence-corrected chi connectivity index (χ3v) is 0.149. The number of hydrogen-bond acceptors (Lipinski definition) is 3. The Hall–Kier alpha value is -0.850. The molecule has 0 spiro atoms. The van der Waals surface area contributed by atoms with E-state index in [0.717, 1.165) is 0 Å². The zero-order valence-electron chi connectivity index (χ0n) is 4.09. The fourth-order valence-corrected chi connectivity index (χ4v) is 0. The molecule has 3 nitrogen and oxygen atoms in total. The van der Waals surface area contributed by atoms with E-state index < -0.39 is 6.17 Å². The number of rotatable bonds is 0. The van der Waals surface area contributed by atoms with E-state index in [0.29, 0.717) is 0 Å². The van der Waals surface area contributed by atoms with E-state index in [1.807, 2.05) is 0 Å². The van der Waals surface area contributed by atoms with Crippen molar-refractivity contribution in [1.29, 1.82) is 5.26 Å². The van der Waals surface area contributed by atoms with Crippen LogP contribution in [0, 0.1) is 11.3 Å². The van der Waals surface area contributed by atoms with Gasteiger partial charge < -0.3 is 11.5 Å². The van der Waals surface area contributed by atoms with E-state index in [1.165, 1.54) is 0 Å². The largest absolute Gasteiger partial charge is 0.304 e. The fourth-order valence-electron chi connectivity index (χ4n) is 0. The van der Waals surface area contributed by atoms with Crippen LogP contribution in [0.25, 0.3) is 0 Å². The van der Waals surface area contributed by atoms with Crippen LogP contribution in [0.2, 0.25) is 0 Å². The van der Waals surface area contributed by atoms with E-state index in [1.54, 1.807) is 6.07 Å². The standard InChI is InChI=1S/C2H5N3.C2H4/c3-1-2(4)5;1-2/h2H,4-5H2;1-2H2. The molecule has 0 rings (SSSR count). The molecule has 40 valence electrons. The zero-order valence-corrected chi connectivity index (χ0v) is 4.09. The van der Waals surface area contributed by atoms with E-state index in [-0.39, 0.29) is 0 Å². The van der Waals surface area contributed by atoms with Gasteiger partial charge in [-0.2, -0.15) is 5.26 Å². The average molecular weight is 99.1 g/mol. The Morgan fingerprint density at radius 2 is 1.57 bits per heavy atom. The summed E-state index contributed by atoms with van der Waals surface area (Å²) in [4.78, 5) is 0. The predicted molar refractivity (Wildman–Crippen MR) is 29.0 cm³/mol. The lowest BCUT2D eigenvalue weighted by atomic mass is 10.6. The van der Waals surface area contributed by atoms with Gasteiger partial charge in [0.05, 0.1) is 6.07 Å². The SMILES string of the molecule is C=C.N#CC(N)N. The predicted octanol–water partition coefficient (Wildman–Crippen LogP) is -0.444. The molecule has 7 heavy (non-hydrogen) atoms. The lowest BCUT2D eigenvalue weighted by molar-refractivity contribution is 0.890. The van der Waals surface area contributed by atoms with Crippen molar-refractivity contribution in [1.82, 2.24) is 0 Å². The fraction of sp³-hybridized carbons (Fsp3) is 0.250. The molecule has 4 N–H and O–H groups in total. The summed E-state index contributed by atoms with van der Waals surface area (Å²) >= 11 is 0. The molecule has 0 heterocycles. The first kappa shape index (κ1) is 9.47. The third kappa shape index (κ3) is 38.6. The van der Waals surface area contributed by atoms with E-state index in [9.17, 15) is 0 Å². The topological polar surface area (TPSA) is 75.8 Å². The van der Waals surface area contributed by atoms with Gasteiger partial charge in [-0.05, 0) is 0 Å². The van der Waals surface area contributed by atoms with E-state index in [2.05, 4.69) is 13.2 Å². The highest BCUT2D eigenvalue weighted by Crippen LogP contribution is 1.44. The first-order valence-electron chi connectivity index (χ1n) is 1.68. The van der Waals surface area contributed by atoms with Crippen molar-refractivity contribution in [2.45, 2.75) is 6.17 Å². The van der Waals surface area contributed by atoms with Crippen molar-refractivity contribution in [3.8, 4) is 6.07 Å². The molecule has 0 bridgehead atoms. The maximum absolute atomic E-state index is 7.64. The average Bonchev–Trinajstić information content (AvgIpc) is 1.73. The number of hydrogen-bond donors (Lipinski definition) is 2. The van der Waals surface area contributed by atoms with Gasteiger partial charge in [-0.15, -0.1) is 13.2 Å². The molecule has 0 radical (unpaired) electrons. The molecule has 0 aromatic rings. The smallest absolute Gasteiger partial charge is 0.142 e. The Morgan fingerprint density at radius 1 is 1.43 bits per heavy atom. The van der Waals surface area contributed by atoms with Crippen molar-refractivity contribution in [2.24, 2.45) is 11.5 Å². The Kier molecular flexibility index (Phi) is 12.1. The molecule has 0 unspecified atom stereocenters. The van der Waals surface area contributed by atoms with Crippen LogP contribution in [0.15, 0.2) is 13.2 Å². The van der Waals surface area contributed by atoms with Crippen LogP contribution >= 0.6 is 0 Å². The number of nitrogens with two attached hydrogens (primary N) is 2. The van der Waals surface area contributed by atoms with Gasteiger partial charge in [0.15, 0.2) is 0 Å². The second kappa shape index (κ2) is 8.94. The second-order valence-corrected chi connectivity index (χ2v) is 0.655. The molecule has 0 aromatic carbocycles. The van der Waals surface area contributed by atoms with Crippen molar-refractivity contribution >= 4 is 0 Å². The van der Waals surface area contributed by atoms with Crippen LogP contribution in [-0.4, -0.2) is 6.17 Å². The van der Waals surface area contributed by atoms with Crippen molar-refractivity contribution in [2.75, 3.05) is 0 Å². The highest BCUT2D eigenvalue weighted by atomic mass is 14.8. The minimum absolute atomic E-state index is 0.810. The molecule has 0 fully saturated rings. The summed E-state index contributed by atoms with van der Waals surface area (Å²) in [6, 6.07) is 1.58. The van der Waals surface area contributed by atoms with Gasteiger partial charge in [0, 0.05) is 0 Å². The summed E-state index contributed by atoms with van der Waals surface area (Å²) < 4.78 is 0. The molecule has 0 amide bonds. The normalized spacial score (nSPS) is 6.00. The molecular weight excluding hydrogens is 90.1 g/mol. The number of nitriles is 1. The summed E-state index contributed by atoms with van der Waals surface area (Å²) in [5, 5.41) is 7.64. The lowest BCUT2D eigenvalue weighted by Crippen LogP contribution is -2.27. The molecule has 0 aliphatic carbocycles. The summed E-state index contributed by atoms with van der Waals surface area (Å²) in [5.74, 6) is 0. The summed E-state index contributed by atoms with van der Waals surface area (Å²) in [5.41, 5.74) is 9.42. The van der Waals surface area contributed by atoms with Crippen LogP contribution in [-0.2, 0) is 0 Å². The zero-order chi connectivity index (χ0) is 6.28. The highest BCUT2D eigenvalue weighted by Gasteiger charge is 1.77. The summed E-state index contributed by atoms with van der Waals surface area (Å²) in [6.07, 6.45) is -0.810. The first-order chi connectivity index (χ1) is 3.27. The Morgan fingerprint density at radius 3 is 1.57 bits per heavy atom. The summed E-state index contributed by atoms with van der Waals surface area (Å²) in [7, 11) is 0. The second-order valence-electron chi connectivity index (χ2n) is 0.655. The first-order valence-corrected chi connectivity index (χ1v) is 1.68. The van der Waals surface area contributed by atoms with Gasteiger partial charge in [-0.3, -0.25) is 0 Å². The van der Waals surface area contributed by atoms with Gasteiger partial charge in [-0.25, -0.2) is 0 Å². The number of nitrogens with zero attached hydrogens (tertiary/aromatic N) is 1. The Balaban J connectivity index is 0. The molecular formula is C4H9N3. The van der Waals surface area contributed by atoms with E-state index >= 15 is 0 Å². The molecule has 0 saturated carbocycles. The molecule has 0 aromatic heterocycles. The molecule has 0 aliphatic rings. The lowest BCUT2D eigenvalue weighted by Gasteiger charge is -1.79. The minimum atomic E-state index is -0.810. The third-order valence-electron chi connectivity index (χ3n) is 0.149. The van der Waals surface area contributed by atoms with Gasteiger partial charge >= 0.3 is 0 Å². The minimum Gasteiger partial charge on any atom is -0.304 e. The van der Waals surface area contributed by atoms with Gasteiger partial charge in [0.1, 0.15) is 6.17 Å². The van der Waals surface area contributed by atoms with Crippen LogP contribution in [0.1, 0.15) is 0 Å². The van der Waals surface area contributed by atoms with Crippen LogP contribution in [0.5, 0.6) is 0 Å². The van der Waals surface area contributed by atoms with Gasteiger partial charge in [0.2, 0.25) is 0 Å². The summed E-state index contributed by atoms with van der Waals surface area (Å²) in [6.45, 7) is 6.00. The van der Waals surface area contributed by atoms with Crippen LogP contribution in [0.4, 0.5) is 0 Å².